The van der Waals surface area contributed by atoms with E-state index in [1.807, 2.05) is 13.8 Å². The first kappa shape index (κ1) is 13.0. The number of nitro benzene ring substituents is 1. The maximum absolute atomic E-state index is 11.2. The lowest BCUT2D eigenvalue weighted by atomic mass is 10.0. The topological polar surface area (TPSA) is 98.3 Å². The van der Waals surface area contributed by atoms with Crippen LogP contribution in [0, 0.1) is 16.0 Å². The van der Waals surface area contributed by atoms with Gasteiger partial charge in [0, 0.05) is 17.8 Å². The number of hydrogen-bond acceptors (Lipinski definition) is 4. The van der Waals surface area contributed by atoms with E-state index in [1.165, 1.54) is 12.1 Å². The van der Waals surface area contributed by atoms with E-state index in [0.29, 0.717) is 5.69 Å². The van der Waals surface area contributed by atoms with E-state index in [2.05, 4.69) is 5.32 Å². The van der Waals surface area contributed by atoms with Crippen molar-refractivity contribution in [2.45, 2.75) is 19.9 Å². The molecule has 17 heavy (non-hydrogen) atoms. The molecule has 1 rings (SSSR count). The molecule has 6 nitrogen and oxygen atoms in total. The van der Waals surface area contributed by atoms with Crippen molar-refractivity contribution in [3.63, 3.8) is 0 Å². The average molecular weight is 237 g/mol. The number of primary amides is 1. The number of nitrogens with zero attached hydrogens (tertiary/aromatic N) is 1. The molecular weight excluding hydrogens is 222 g/mol. The molecule has 1 atom stereocenters. The maximum atomic E-state index is 11.2. The highest BCUT2D eigenvalue weighted by Crippen LogP contribution is 2.17. The number of hydrogen-bond donors (Lipinski definition) is 2. The van der Waals surface area contributed by atoms with Crippen molar-refractivity contribution >= 4 is 17.3 Å². The smallest absolute Gasteiger partial charge is 0.269 e. The SMILES string of the molecule is CC(C)C(Nc1ccc([N+](=O)[O-])cc1)C(N)=O. The molecule has 3 N–H and O–H groups in total. The summed E-state index contributed by atoms with van der Waals surface area (Å²) in [5.41, 5.74) is 5.90. The van der Waals surface area contributed by atoms with Crippen LogP contribution in [0.15, 0.2) is 24.3 Å². The number of amides is 1. The molecule has 6 heteroatoms. The number of nitrogens with one attached hydrogen (secondary N) is 1. The monoisotopic (exact) mass is 237 g/mol. The Morgan fingerprint density at radius 3 is 2.24 bits per heavy atom. The fraction of sp³-hybridized carbons (Fsp3) is 0.364. The van der Waals surface area contributed by atoms with Crippen LogP contribution in [0.5, 0.6) is 0 Å². The number of benzene rings is 1. The van der Waals surface area contributed by atoms with Crippen LogP contribution in [0.3, 0.4) is 0 Å². The van der Waals surface area contributed by atoms with Crippen LogP contribution in [0.4, 0.5) is 11.4 Å². The van der Waals surface area contributed by atoms with Crippen LogP contribution in [0.1, 0.15) is 13.8 Å². The van der Waals surface area contributed by atoms with Crippen molar-refractivity contribution < 1.29 is 9.72 Å². The Kier molecular flexibility index (Phi) is 4.03. The van der Waals surface area contributed by atoms with Gasteiger partial charge in [0.25, 0.3) is 5.69 Å². The Bertz CT molecular complexity index is 414. The predicted octanol–water partition coefficient (Wildman–Crippen LogP) is 1.52. The standard InChI is InChI=1S/C11H15N3O3/c1-7(2)10(11(12)15)13-8-3-5-9(6-4-8)14(16)17/h3-7,10,13H,1-2H3,(H2,12,15). The van der Waals surface area contributed by atoms with Crippen molar-refractivity contribution in [1.82, 2.24) is 0 Å². The number of rotatable bonds is 5. The second kappa shape index (κ2) is 5.29. The number of carbonyl (C=O) groups excluding carboxylic acids is 1. The average Bonchev–Trinajstić information content (AvgIpc) is 2.25. The van der Waals surface area contributed by atoms with Crippen molar-refractivity contribution in [3.05, 3.63) is 34.4 Å². The molecule has 0 bridgehead atoms. The van der Waals surface area contributed by atoms with Gasteiger partial charge >= 0.3 is 0 Å². The fourth-order valence-corrected chi connectivity index (χ4v) is 1.43. The summed E-state index contributed by atoms with van der Waals surface area (Å²) in [4.78, 5) is 21.2. The third-order valence-electron chi connectivity index (χ3n) is 2.37. The first-order chi connectivity index (χ1) is 7.91. The van der Waals surface area contributed by atoms with Crippen LogP contribution in [-0.4, -0.2) is 16.9 Å². The molecule has 1 unspecified atom stereocenters. The highest BCUT2D eigenvalue weighted by Gasteiger charge is 2.19. The maximum Gasteiger partial charge on any atom is 0.269 e. The lowest BCUT2D eigenvalue weighted by molar-refractivity contribution is -0.384. The second-order valence-corrected chi connectivity index (χ2v) is 4.07. The first-order valence-corrected chi connectivity index (χ1v) is 5.22. The van der Waals surface area contributed by atoms with Gasteiger partial charge in [0.1, 0.15) is 6.04 Å². The van der Waals surface area contributed by atoms with Gasteiger partial charge in [-0.1, -0.05) is 13.8 Å². The summed E-state index contributed by atoms with van der Waals surface area (Å²) in [6.45, 7) is 3.74. The largest absolute Gasteiger partial charge is 0.373 e. The Balaban J connectivity index is 2.80. The van der Waals surface area contributed by atoms with Gasteiger partial charge in [-0.2, -0.15) is 0 Å². The molecule has 0 saturated carbocycles. The summed E-state index contributed by atoms with van der Waals surface area (Å²) in [7, 11) is 0. The molecule has 0 radical (unpaired) electrons. The van der Waals surface area contributed by atoms with Gasteiger partial charge in [0.2, 0.25) is 5.91 Å². The zero-order chi connectivity index (χ0) is 13.0. The predicted molar refractivity (Wildman–Crippen MR) is 64.5 cm³/mol. The first-order valence-electron chi connectivity index (χ1n) is 5.22. The van der Waals surface area contributed by atoms with Gasteiger partial charge in [-0.3, -0.25) is 14.9 Å². The third-order valence-corrected chi connectivity index (χ3v) is 2.37. The van der Waals surface area contributed by atoms with Crippen LogP contribution in [0.2, 0.25) is 0 Å². The molecule has 92 valence electrons. The summed E-state index contributed by atoms with van der Waals surface area (Å²) in [6.07, 6.45) is 0. The normalized spacial score (nSPS) is 12.2. The molecule has 0 spiro atoms. The minimum atomic E-state index is -0.489. The van der Waals surface area contributed by atoms with E-state index in [4.69, 9.17) is 5.73 Å². The Morgan fingerprint density at radius 2 is 1.88 bits per heavy atom. The summed E-state index contributed by atoms with van der Waals surface area (Å²) >= 11 is 0. The number of carbonyl (C=O) groups is 1. The summed E-state index contributed by atoms with van der Waals surface area (Å²) < 4.78 is 0. The van der Waals surface area contributed by atoms with Crippen LogP contribution in [-0.2, 0) is 4.79 Å². The lowest BCUT2D eigenvalue weighted by Gasteiger charge is -2.19. The summed E-state index contributed by atoms with van der Waals surface area (Å²) in [5, 5.41) is 13.4. The highest BCUT2D eigenvalue weighted by atomic mass is 16.6. The van der Waals surface area contributed by atoms with Crippen molar-refractivity contribution in [2.75, 3.05) is 5.32 Å². The van der Waals surface area contributed by atoms with Crippen LogP contribution >= 0.6 is 0 Å². The number of nitro groups is 1. The van der Waals surface area contributed by atoms with Gasteiger partial charge in [-0.15, -0.1) is 0 Å². The third kappa shape index (κ3) is 3.44. The van der Waals surface area contributed by atoms with Crippen molar-refractivity contribution in [1.29, 1.82) is 0 Å². The molecule has 0 heterocycles. The number of non-ortho nitro benzene ring substituents is 1. The van der Waals surface area contributed by atoms with Gasteiger partial charge < -0.3 is 11.1 Å². The molecule has 0 aliphatic rings. The van der Waals surface area contributed by atoms with Crippen LogP contribution < -0.4 is 11.1 Å². The molecule has 1 amide bonds. The van der Waals surface area contributed by atoms with E-state index in [1.54, 1.807) is 12.1 Å². The van der Waals surface area contributed by atoms with Gasteiger partial charge in [0.15, 0.2) is 0 Å². The van der Waals surface area contributed by atoms with E-state index < -0.39 is 16.9 Å². The Labute approximate surface area is 99.0 Å². The second-order valence-electron chi connectivity index (χ2n) is 4.07. The molecule has 0 aliphatic heterocycles. The zero-order valence-corrected chi connectivity index (χ0v) is 9.71. The summed E-state index contributed by atoms with van der Waals surface area (Å²) in [6, 6.07) is 5.37. The van der Waals surface area contributed by atoms with Crippen molar-refractivity contribution in [2.24, 2.45) is 11.7 Å². The van der Waals surface area contributed by atoms with Gasteiger partial charge in [-0.05, 0) is 18.1 Å². The quantitative estimate of drug-likeness (QED) is 0.599. The molecule has 0 saturated heterocycles. The minimum absolute atomic E-state index is 0.00993. The van der Waals surface area contributed by atoms with E-state index in [-0.39, 0.29) is 11.6 Å². The molecular formula is C11H15N3O3. The minimum Gasteiger partial charge on any atom is -0.373 e. The Hall–Kier alpha value is -2.11. The van der Waals surface area contributed by atoms with E-state index in [9.17, 15) is 14.9 Å². The lowest BCUT2D eigenvalue weighted by Crippen LogP contribution is -2.39. The molecule has 0 fully saturated rings. The van der Waals surface area contributed by atoms with E-state index >= 15 is 0 Å². The summed E-state index contributed by atoms with van der Waals surface area (Å²) in [5.74, 6) is -0.402. The van der Waals surface area contributed by atoms with Gasteiger partial charge in [0.05, 0.1) is 4.92 Å². The molecule has 1 aromatic rings. The molecule has 0 aliphatic carbocycles. The fourth-order valence-electron chi connectivity index (χ4n) is 1.43. The number of anilines is 1. The molecule has 1 aromatic carbocycles. The number of nitrogens with two attached hydrogens (primary N) is 1. The molecule has 0 aromatic heterocycles. The van der Waals surface area contributed by atoms with Crippen LogP contribution in [0.25, 0.3) is 0 Å². The zero-order valence-electron chi connectivity index (χ0n) is 9.71. The Morgan fingerprint density at radius 1 is 1.35 bits per heavy atom. The van der Waals surface area contributed by atoms with Crippen molar-refractivity contribution in [3.8, 4) is 0 Å². The highest BCUT2D eigenvalue weighted by molar-refractivity contribution is 5.83. The van der Waals surface area contributed by atoms with E-state index in [0.717, 1.165) is 0 Å². The van der Waals surface area contributed by atoms with Gasteiger partial charge in [-0.25, -0.2) is 0 Å².